The quantitative estimate of drug-likeness (QED) is 0.863. The van der Waals surface area contributed by atoms with Gasteiger partial charge in [-0.05, 0) is 29.5 Å². The van der Waals surface area contributed by atoms with Crippen molar-refractivity contribution in [2.24, 2.45) is 5.92 Å². The zero-order valence-corrected chi connectivity index (χ0v) is 11.0. The van der Waals surface area contributed by atoms with E-state index in [1.807, 2.05) is 13.8 Å². The molecule has 5 heteroatoms. The molecule has 0 saturated heterocycles. The van der Waals surface area contributed by atoms with E-state index in [9.17, 15) is 9.18 Å². The van der Waals surface area contributed by atoms with Gasteiger partial charge in [-0.3, -0.25) is 9.63 Å². The number of thiophene rings is 1. The molecule has 18 heavy (non-hydrogen) atoms. The Kier molecular flexibility index (Phi) is 3.93. The molecule has 0 aliphatic heterocycles. The molecular formula is C13H14FNO2S. The lowest BCUT2D eigenvalue weighted by Crippen LogP contribution is -2.24. The number of benzene rings is 1. The van der Waals surface area contributed by atoms with Crippen molar-refractivity contribution in [2.45, 2.75) is 13.8 Å². The highest BCUT2D eigenvalue weighted by atomic mass is 32.1. The zero-order valence-electron chi connectivity index (χ0n) is 10.2. The van der Waals surface area contributed by atoms with E-state index in [2.05, 4.69) is 5.48 Å². The predicted molar refractivity (Wildman–Crippen MR) is 70.0 cm³/mol. The molecular weight excluding hydrogens is 253 g/mol. The smallest absolute Gasteiger partial charge is 0.273 e. The van der Waals surface area contributed by atoms with Gasteiger partial charge in [0.2, 0.25) is 0 Å². The fourth-order valence-corrected chi connectivity index (χ4v) is 2.41. The largest absolute Gasteiger partial charge is 0.284 e. The maximum absolute atomic E-state index is 13.0. The van der Waals surface area contributed by atoms with E-state index in [0.29, 0.717) is 17.4 Å². The van der Waals surface area contributed by atoms with Crippen LogP contribution in [0.2, 0.25) is 0 Å². The molecule has 0 saturated carbocycles. The maximum Gasteiger partial charge on any atom is 0.284 e. The SMILES string of the molecule is CC(C)CONC(=O)c1cc2ccc(F)cc2s1. The molecule has 1 heterocycles. The van der Waals surface area contributed by atoms with Crippen molar-refractivity contribution in [1.29, 1.82) is 0 Å². The van der Waals surface area contributed by atoms with Crippen LogP contribution in [0.3, 0.4) is 0 Å². The zero-order chi connectivity index (χ0) is 13.1. The number of fused-ring (bicyclic) bond motifs is 1. The van der Waals surface area contributed by atoms with Gasteiger partial charge in [0.25, 0.3) is 5.91 Å². The highest BCUT2D eigenvalue weighted by Crippen LogP contribution is 2.26. The first kappa shape index (κ1) is 13.0. The van der Waals surface area contributed by atoms with E-state index in [0.717, 1.165) is 10.1 Å². The molecule has 0 fully saturated rings. The fraction of sp³-hybridized carbons (Fsp3) is 0.308. The average molecular weight is 267 g/mol. The molecule has 1 aromatic carbocycles. The van der Waals surface area contributed by atoms with E-state index in [4.69, 9.17) is 4.84 Å². The summed E-state index contributed by atoms with van der Waals surface area (Å²) in [5, 5.41) is 0.857. The Morgan fingerprint density at radius 2 is 2.22 bits per heavy atom. The van der Waals surface area contributed by atoms with Gasteiger partial charge in [-0.1, -0.05) is 19.9 Å². The molecule has 1 aromatic heterocycles. The normalized spacial score (nSPS) is 11.1. The minimum absolute atomic E-state index is 0.294. The topological polar surface area (TPSA) is 38.3 Å². The van der Waals surface area contributed by atoms with Crippen molar-refractivity contribution in [3.05, 3.63) is 35.0 Å². The van der Waals surface area contributed by atoms with Crippen LogP contribution in [-0.2, 0) is 4.84 Å². The van der Waals surface area contributed by atoms with Crippen LogP contribution in [0.15, 0.2) is 24.3 Å². The summed E-state index contributed by atoms with van der Waals surface area (Å²) in [5.41, 5.74) is 2.38. The van der Waals surface area contributed by atoms with E-state index >= 15 is 0 Å². The first-order valence-electron chi connectivity index (χ1n) is 5.67. The molecule has 2 rings (SSSR count). The number of carbonyl (C=O) groups is 1. The van der Waals surface area contributed by atoms with Crippen LogP contribution >= 0.6 is 11.3 Å². The Labute approximate surface area is 109 Å². The molecule has 0 unspecified atom stereocenters. The van der Waals surface area contributed by atoms with Crippen molar-refractivity contribution in [3.63, 3.8) is 0 Å². The van der Waals surface area contributed by atoms with E-state index < -0.39 is 0 Å². The summed E-state index contributed by atoms with van der Waals surface area (Å²) in [6, 6.07) is 6.19. The number of amides is 1. The molecule has 0 aliphatic rings. The molecule has 0 atom stereocenters. The van der Waals surface area contributed by atoms with E-state index in [1.165, 1.54) is 23.5 Å². The predicted octanol–water partition coefficient (Wildman–Crippen LogP) is 3.36. The van der Waals surface area contributed by atoms with Gasteiger partial charge in [0.05, 0.1) is 11.5 Å². The second-order valence-corrected chi connectivity index (χ2v) is 5.51. The summed E-state index contributed by atoms with van der Waals surface area (Å²) in [4.78, 5) is 17.3. The lowest BCUT2D eigenvalue weighted by Gasteiger charge is -2.06. The van der Waals surface area contributed by atoms with E-state index in [1.54, 1.807) is 12.1 Å². The van der Waals surface area contributed by atoms with Gasteiger partial charge in [0, 0.05) is 4.70 Å². The number of rotatable bonds is 4. The number of carbonyl (C=O) groups excluding carboxylic acids is 1. The second-order valence-electron chi connectivity index (χ2n) is 4.43. The summed E-state index contributed by atoms with van der Waals surface area (Å²) in [7, 11) is 0. The third kappa shape index (κ3) is 3.05. The summed E-state index contributed by atoms with van der Waals surface area (Å²) in [6.07, 6.45) is 0. The molecule has 1 amide bonds. The van der Waals surface area contributed by atoms with Crippen LogP contribution < -0.4 is 5.48 Å². The molecule has 0 aliphatic carbocycles. The van der Waals surface area contributed by atoms with Gasteiger partial charge < -0.3 is 0 Å². The van der Waals surface area contributed by atoms with Crippen LogP contribution in [0.5, 0.6) is 0 Å². The van der Waals surface area contributed by atoms with Crippen molar-refractivity contribution in [3.8, 4) is 0 Å². The second kappa shape index (κ2) is 5.46. The third-order valence-electron chi connectivity index (χ3n) is 2.29. The minimum atomic E-state index is -0.299. The lowest BCUT2D eigenvalue weighted by atomic mass is 10.2. The molecule has 3 nitrogen and oxygen atoms in total. The van der Waals surface area contributed by atoms with Crippen molar-refractivity contribution in [1.82, 2.24) is 5.48 Å². The standard InChI is InChI=1S/C13H14FNO2S/c1-8(2)7-17-15-13(16)12-5-9-3-4-10(14)6-11(9)18-12/h3-6,8H,7H2,1-2H3,(H,15,16). The first-order valence-corrected chi connectivity index (χ1v) is 6.49. The molecule has 1 N–H and O–H groups in total. The van der Waals surface area contributed by atoms with Gasteiger partial charge in [-0.25, -0.2) is 9.87 Å². The third-order valence-corrected chi connectivity index (χ3v) is 3.38. The lowest BCUT2D eigenvalue weighted by molar-refractivity contribution is 0.0212. The van der Waals surface area contributed by atoms with Gasteiger partial charge >= 0.3 is 0 Å². The maximum atomic E-state index is 13.0. The van der Waals surface area contributed by atoms with Crippen LogP contribution in [0, 0.1) is 11.7 Å². The van der Waals surface area contributed by atoms with E-state index in [-0.39, 0.29) is 11.7 Å². The first-order chi connectivity index (χ1) is 8.56. The van der Waals surface area contributed by atoms with Crippen LogP contribution in [0.4, 0.5) is 4.39 Å². The Morgan fingerprint density at radius 1 is 1.44 bits per heavy atom. The summed E-state index contributed by atoms with van der Waals surface area (Å²) in [6.45, 7) is 4.45. The van der Waals surface area contributed by atoms with Crippen molar-refractivity contribution in [2.75, 3.05) is 6.61 Å². The van der Waals surface area contributed by atoms with Crippen LogP contribution in [0.1, 0.15) is 23.5 Å². The number of nitrogens with one attached hydrogen (secondary N) is 1. The Morgan fingerprint density at radius 3 is 2.94 bits per heavy atom. The number of hydrogen-bond acceptors (Lipinski definition) is 3. The average Bonchev–Trinajstić information content (AvgIpc) is 2.71. The highest BCUT2D eigenvalue weighted by molar-refractivity contribution is 7.20. The van der Waals surface area contributed by atoms with Gasteiger partial charge in [0.1, 0.15) is 5.82 Å². The van der Waals surface area contributed by atoms with Gasteiger partial charge in [-0.15, -0.1) is 11.3 Å². The van der Waals surface area contributed by atoms with Gasteiger partial charge in [-0.2, -0.15) is 0 Å². The van der Waals surface area contributed by atoms with Crippen molar-refractivity contribution >= 4 is 27.3 Å². The molecule has 2 aromatic rings. The molecule has 0 spiro atoms. The molecule has 96 valence electrons. The number of hydroxylamine groups is 1. The van der Waals surface area contributed by atoms with Gasteiger partial charge in [0.15, 0.2) is 0 Å². The summed E-state index contributed by atoms with van der Waals surface area (Å²) >= 11 is 1.25. The number of halogens is 1. The monoisotopic (exact) mass is 267 g/mol. The fourth-order valence-electron chi connectivity index (χ4n) is 1.44. The summed E-state index contributed by atoms with van der Waals surface area (Å²) in [5.74, 6) is -0.244. The Hall–Kier alpha value is -1.46. The van der Waals surface area contributed by atoms with Crippen LogP contribution in [0.25, 0.3) is 10.1 Å². The minimum Gasteiger partial charge on any atom is -0.273 e. The highest BCUT2D eigenvalue weighted by Gasteiger charge is 2.10. The van der Waals surface area contributed by atoms with Crippen LogP contribution in [-0.4, -0.2) is 12.5 Å². The van der Waals surface area contributed by atoms with Crippen molar-refractivity contribution < 1.29 is 14.0 Å². The Balaban J connectivity index is 2.08. The molecule has 0 radical (unpaired) electrons. The summed E-state index contributed by atoms with van der Waals surface area (Å²) < 4.78 is 13.8. The number of hydrogen-bond donors (Lipinski definition) is 1. The Bertz CT molecular complexity index is 565. The molecule has 0 bridgehead atoms.